The maximum Gasteiger partial charge on any atom is 0.472 e. The summed E-state index contributed by atoms with van der Waals surface area (Å²) in [5.41, 5.74) is 5.34. The first-order chi connectivity index (χ1) is 27.8. The molecule has 1 unspecified atom stereocenters. The number of rotatable bonds is 38. The molecule has 0 amide bonds. The highest BCUT2D eigenvalue weighted by atomic mass is 31.2. The van der Waals surface area contributed by atoms with Crippen LogP contribution in [0.15, 0.2) is 109 Å². The summed E-state index contributed by atoms with van der Waals surface area (Å²) in [5, 5.41) is 0. The number of hydrogen-bond acceptors (Lipinski definition) is 8. The Labute approximate surface area is 346 Å². The van der Waals surface area contributed by atoms with Crippen molar-refractivity contribution in [1.82, 2.24) is 0 Å². The first-order valence-electron chi connectivity index (χ1n) is 21.4. The molecular formula is C47H76NO8P. The van der Waals surface area contributed by atoms with Gasteiger partial charge in [0.15, 0.2) is 6.10 Å². The predicted molar refractivity (Wildman–Crippen MR) is 238 cm³/mol. The third-order valence-electron chi connectivity index (χ3n) is 8.14. The minimum Gasteiger partial charge on any atom is -0.462 e. The van der Waals surface area contributed by atoms with Gasteiger partial charge in [-0.15, -0.1) is 0 Å². The molecule has 0 aromatic rings. The van der Waals surface area contributed by atoms with Crippen LogP contribution >= 0.6 is 7.82 Å². The number of ether oxygens (including phenoxy) is 2. The number of phosphoric ester groups is 1. The number of carbonyl (C=O) groups excluding carboxylic acids is 2. The van der Waals surface area contributed by atoms with Crippen LogP contribution in [0.1, 0.15) is 142 Å². The first kappa shape index (κ1) is 53.7. The molecule has 2 atom stereocenters. The lowest BCUT2D eigenvalue weighted by Crippen LogP contribution is -2.29. The Morgan fingerprint density at radius 2 is 0.982 bits per heavy atom. The van der Waals surface area contributed by atoms with E-state index in [1.54, 1.807) is 0 Å². The number of phosphoric acid groups is 1. The predicted octanol–water partition coefficient (Wildman–Crippen LogP) is 12.4. The third kappa shape index (κ3) is 42.1. The van der Waals surface area contributed by atoms with Crippen molar-refractivity contribution in [1.29, 1.82) is 0 Å². The van der Waals surface area contributed by atoms with Crippen molar-refractivity contribution < 1.29 is 37.6 Å². The Hall–Kier alpha value is -3.33. The number of hydrogen-bond donors (Lipinski definition) is 2. The van der Waals surface area contributed by atoms with Gasteiger partial charge in [-0.2, -0.15) is 0 Å². The smallest absolute Gasteiger partial charge is 0.462 e. The molecule has 57 heavy (non-hydrogen) atoms. The lowest BCUT2D eigenvalue weighted by atomic mass is 10.1. The molecule has 0 aliphatic carbocycles. The van der Waals surface area contributed by atoms with Gasteiger partial charge in [-0.3, -0.25) is 18.6 Å². The number of nitrogens with two attached hydrogens (primary N) is 1. The van der Waals surface area contributed by atoms with Crippen LogP contribution in [0.2, 0.25) is 0 Å². The van der Waals surface area contributed by atoms with E-state index in [4.69, 9.17) is 24.3 Å². The lowest BCUT2D eigenvalue weighted by molar-refractivity contribution is -0.161. The van der Waals surface area contributed by atoms with Gasteiger partial charge in [-0.1, -0.05) is 142 Å². The van der Waals surface area contributed by atoms with Crippen LogP contribution in [0.3, 0.4) is 0 Å². The van der Waals surface area contributed by atoms with Crippen LogP contribution in [-0.4, -0.2) is 49.3 Å². The van der Waals surface area contributed by atoms with E-state index < -0.39 is 32.5 Å². The maximum atomic E-state index is 12.6. The maximum absolute atomic E-state index is 12.6. The minimum absolute atomic E-state index is 0.0337. The Morgan fingerprint density at radius 3 is 1.46 bits per heavy atom. The number of unbranched alkanes of at least 4 members (excludes halogenated alkanes) is 7. The summed E-state index contributed by atoms with van der Waals surface area (Å²) in [6.45, 7) is 3.45. The first-order valence-corrected chi connectivity index (χ1v) is 22.9. The van der Waals surface area contributed by atoms with Gasteiger partial charge in [0, 0.05) is 19.4 Å². The SMILES string of the molecule is CC/C=C/C/C=C/C/C=C/C/C=C/C/C=C/CCCC(=O)OC[C@H](COP(=O)(O)OCCN)OC(=O)CCCCC/C=C/C/C=C/C/C=C/C/C=C/CCCCC. The zero-order valence-corrected chi connectivity index (χ0v) is 36.2. The van der Waals surface area contributed by atoms with Crippen LogP contribution in [0.5, 0.6) is 0 Å². The van der Waals surface area contributed by atoms with E-state index in [2.05, 4.69) is 117 Å². The number of allylic oxidation sites excluding steroid dienone is 18. The highest BCUT2D eigenvalue weighted by Gasteiger charge is 2.25. The summed E-state index contributed by atoms with van der Waals surface area (Å²) in [4.78, 5) is 34.8. The molecule has 10 heteroatoms. The van der Waals surface area contributed by atoms with E-state index in [0.717, 1.165) is 77.0 Å². The van der Waals surface area contributed by atoms with Gasteiger partial charge in [-0.05, 0) is 96.3 Å². The summed E-state index contributed by atoms with van der Waals surface area (Å²) >= 11 is 0. The normalized spacial score (nSPS) is 14.4. The standard InChI is InChI=1S/C47H76NO8P/c1-3-5-7-9-11-13-15-17-19-21-22-24-26-28-30-32-34-36-38-40-47(50)56-45(44-55-57(51,52)54-42-41-48)43-53-46(49)39-37-35-33-31-29-27-25-23-20-18-16-14-12-10-8-6-4-2/h6,8,11-14,17-20,22,24-25,27-28,30-31,33,45H,3-5,7,9-10,15-16,21,23,26,29,32,34-44,48H2,1-2H3,(H,51,52)/b8-6+,13-11+,14-12+,19-17+,20-18+,24-22+,27-25+,30-28+,33-31+/t45-/m1/s1. The topological polar surface area (TPSA) is 134 Å². The second kappa shape index (κ2) is 42.3. The fourth-order valence-electron chi connectivity index (χ4n) is 5.00. The Kier molecular flexibility index (Phi) is 39.8. The van der Waals surface area contributed by atoms with Crippen LogP contribution < -0.4 is 5.73 Å². The summed E-state index contributed by atoms with van der Waals surface area (Å²) in [5.74, 6) is -0.946. The summed E-state index contributed by atoms with van der Waals surface area (Å²) in [7, 11) is -4.41. The molecule has 0 fully saturated rings. The summed E-state index contributed by atoms with van der Waals surface area (Å²) in [6, 6.07) is 0. The Morgan fingerprint density at radius 1 is 0.544 bits per heavy atom. The van der Waals surface area contributed by atoms with E-state index in [1.165, 1.54) is 25.7 Å². The highest BCUT2D eigenvalue weighted by molar-refractivity contribution is 7.47. The van der Waals surface area contributed by atoms with Crippen LogP contribution in [0.25, 0.3) is 0 Å². The summed E-state index contributed by atoms with van der Waals surface area (Å²) < 4.78 is 32.7. The molecule has 3 N–H and O–H groups in total. The largest absolute Gasteiger partial charge is 0.472 e. The molecule has 0 saturated carbocycles. The Balaban J connectivity index is 4.36. The van der Waals surface area contributed by atoms with E-state index in [1.807, 2.05) is 6.08 Å². The van der Waals surface area contributed by atoms with Gasteiger partial charge in [0.1, 0.15) is 6.61 Å². The van der Waals surface area contributed by atoms with Crippen molar-refractivity contribution in [2.24, 2.45) is 5.73 Å². The van der Waals surface area contributed by atoms with Gasteiger partial charge in [-0.25, -0.2) is 4.57 Å². The quantitative estimate of drug-likeness (QED) is 0.0270. The molecule has 322 valence electrons. The van der Waals surface area contributed by atoms with Crippen molar-refractivity contribution in [2.45, 2.75) is 148 Å². The van der Waals surface area contributed by atoms with Gasteiger partial charge in [0.2, 0.25) is 0 Å². The highest BCUT2D eigenvalue weighted by Crippen LogP contribution is 2.43. The molecule has 0 radical (unpaired) electrons. The van der Waals surface area contributed by atoms with Crippen molar-refractivity contribution in [2.75, 3.05) is 26.4 Å². The van der Waals surface area contributed by atoms with Crippen LogP contribution in [0.4, 0.5) is 0 Å². The van der Waals surface area contributed by atoms with Crippen LogP contribution in [-0.2, 0) is 32.7 Å². The van der Waals surface area contributed by atoms with E-state index >= 15 is 0 Å². The molecule has 9 nitrogen and oxygen atoms in total. The third-order valence-corrected chi connectivity index (χ3v) is 9.13. The zero-order chi connectivity index (χ0) is 41.8. The minimum atomic E-state index is -4.41. The van der Waals surface area contributed by atoms with Crippen molar-refractivity contribution in [3.05, 3.63) is 109 Å². The van der Waals surface area contributed by atoms with Crippen molar-refractivity contribution >= 4 is 19.8 Å². The lowest BCUT2D eigenvalue weighted by Gasteiger charge is -2.19. The van der Waals surface area contributed by atoms with Gasteiger partial charge in [0.05, 0.1) is 13.2 Å². The van der Waals surface area contributed by atoms with Crippen LogP contribution in [0, 0.1) is 0 Å². The second-order valence-electron chi connectivity index (χ2n) is 13.5. The molecule has 0 aromatic heterocycles. The van der Waals surface area contributed by atoms with E-state index in [-0.39, 0.29) is 32.6 Å². The van der Waals surface area contributed by atoms with Crippen molar-refractivity contribution in [3.8, 4) is 0 Å². The van der Waals surface area contributed by atoms with E-state index in [0.29, 0.717) is 12.8 Å². The molecule has 0 rings (SSSR count). The molecule has 0 aliphatic heterocycles. The molecular weight excluding hydrogens is 737 g/mol. The molecule has 0 aromatic carbocycles. The molecule has 0 heterocycles. The number of esters is 2. The monoisotopic (exact) mass is 814 g/mol. The number of carbonyl (C=O) groups is 2. The van der Waals surface area contributed by atoms with Gasteiger partial charge in [0.25, 0.3) is 0 Å². The Bertz CT molecular complexity index is 1290. The van der Waals surface area contributed by atoms with Gasteiger partial charge < -0.3 is 20.1 Å². The molecule has 0 saturated heterocycles. The summed E-state index contributed by atoms with van der Waals surface area (Å²) in [6.07, 6.45) is 55.5. The molecule has 0 bridgehead atoms. The fourth-order valence-corrected chi connectivity index (χ4v) is 5.77. The van der Waals surface area contributed by atoms with Crippen molar-refractivity contribution in [3.63, 3.8) is 0 Å². The molecule has 0 aliphatic rings. The average Bonchev–Trinajstić information content (AvgIpc) is 3.20. The van der Waals surface area contributed by atoms with E-state index in [9.17, 15) is 19.0 Å². The van der Waals surface area contributed by atoms with Gasteiger partial charge >= 0.3 is 19.8 Å². The average molecular weight is 814 g/mol. The molecule has 0 spiro atoms. The second-order valence-corrected chi connectivity index (χ2v) is 14.9. The zero-order valence-electron chi connectivity index (χ0n) is 35.3. The fraction of sp³-hybridized carbons (Fsp3) is 0.574.